The third-order valence-electron chi connectivity index (χ3n) is 3.77. The molecule has 1 N–H and O–H groups in total. The highest BCUT2D eigenvalue weighted by Gasteiger charge is 2.15. The molecule has 0 radical (unpaired) electrons. The number of thioether (sulfide) groups is 1. The van der Waals surface area contributed by atoms with E-state index in [1.807, 2.05) is 55.5 Å². The Labute approximate surface area is 164 Å². The number of sulfonamides is 1. The van der Waals surface area contributed by atoms with E-state index in [0.29, 0.717) is 11.4 Å². The lowest BCUT2D eigenvalue weighted by Crippen LogP contribution is -2.13. The first kappa shape index (κ1) is 19.1. The number of anilines is 1. The molecule has 0 fully saturated rings. The molecule has 5 heteroatoms. The Kier molecular flexibility index (Phi) is 6.23. The van der Waals surface area contributed by atoms with Gasteiger partial charge in [0.25, 0.3) is 10.0 Å². The van der Waals surface area contributed by atoms with Crippen LogP contribution in [-0.2, 0) is 10.0 Å². The Hall–Kier alpha value is -2.68. The molecule has 0 amide bonds. The van der Waals surface area contributed by atoms with Crippen molar-refractivity contribution in [3.8, 4) is 11.8 Å². The van der Waals surface area contributed by atoms with Gasteiger partial charge in [-0.05, 0) is 43.3 Å². The second-order valence-electron chi connectivity index (χ2n) is 5.87. The van der Waals surface area contributed by atoms with Gasteiger partial charge in [-0.3, -0.25) is 4.72 Å². The molecule has 0 saturated carbocycles. The van der Waals surface area contributed by atoms with Crippen LogP contribution in [0.4, 0.5) is 5.69 Å². The fourth-order valence-corrected chi connectivity index (χ4v) is 4.26. The maximum atomic E-state index is 12.6. The minimum Gasteiger partial charge on any atom is -0.278 e. The smallest absolute Gasteiger partial charge is 0.261 e. The monoisotopic (exact) mass is 393 g/mol. The van der Waals surface area contributed by atoms with E-state index in [1.165, 1.54) is 11.8 Å². The fraction of sp³-hybridized carbons (Fsp3) is 0.0909. The average molecular weight is 394 g/mol. The van der Waals surface area contributed by atoms with Crippen molar-refractivity contribution in [2.75, 3.05) is 10.5 Å². The quantitative estimate of drug-likeness (QED) is 0.493. The summed E-state index contributed by atoms with van der Waals surface area (Å²) in [5.74, 6) is 6.79. The molecule has 3 aromatic carbocycles. The van der Waals surface area contributed by atoms with Crippen LogP contribution in [0, 0.1) is 18.8 Å². The van der Waals surface area contributed by atoms with Crippen molar-refractivity contribution >= 4 is 27.5 Å². The Morgan fingerprint density at radius 3 is 2.30 bits per heavy atom. The molecule has 0 saturated heterocycles. The Morgan fingerprint density at radius 1 is 0.889 bits per heavy atom. The zero-order valence-electron chi connectivity index (χ0n) is 14.8. The molecule has 0 unspecified atom stereocenters. The van der Waals surface area contributed by atoms with Crippen LogP contribution in [0.15, 0.2) is 88.7 Å². The first-order valence-corrected chi connectivity index (χ1v) is 10.9. The number of nitrogens with one attached hydrogen (secondary N) is 1. The van der Waals surface area contributed by atoms with Gasteiger partial charge in [0.2, 0.25) is 0 Å². The molecule has 3 rings (SSSR count). The first-order valence-electron chi connectivity index (χ1n) is 8.40. The molecule has 0 aromatic heterocycles. The van der Waals surface area contributed by atoms with Gasteiger partial charge in [-0.25, -0.2) is 8.42 Å². The average Bonchev–Trinajstić information content (AvgIpc) is 2.67. The number of hydrogen-bond donors (Lipinski definition) is 1. The summed E-state index contributed by atoms with van der Waals surface area (Å²) in [6.45, 7) is 1.92. The summed E-state index contributed by atoms with van der Waals surface area (Å²) in [6, 6.07) is 23.9. The highest BCUT2D eigenvalue weighted by molar-refractivity contribution is 7.99. The zero-order chi connectivity index (χ0) is 19.1. The van der Waals surface area contributed by atoms with E-state index in [9.17, 15) is 8.42 Å². The molecule has 136 valence electrons. The summed E-state index contributed by atoms with van der Waals surface area (Å²) in [5.41, 5.74) is 2.54. The highest BCUT2D eigenvalue weighted by atomic mass is 32.2. The van der Waals surface area contributed by atoms with E-state index < -0.39 is 10.0 Å². The van der Waals surface area contributed by atoms with Crippen LogP contribution in [0.5, 0.6) is 0 Å². The van der Waals surface area contributed by atoms with E-state index in [0.717, 1.165) is 16.0 Å². The Bertz CT molecular complexity index is 1060. The van der Waals surface area contributed by atoms with Crippen LogP contribution in [0.1, 0.15) is 11.1 Å². The molecule has 3 aromatic rings. The SMILES string of the molecule is Cc1ccc(S(=O)(=O)Nc2ccccc2SCC#Cc2ccccc2)cc1. The molecule has 0 aliphatic rings. The normalized spacial score (nSPS) is 10.7. The van der Waals surface area contributed by atoms with E-state index in [4.69, 9.17) is 0 Å². The van der Waals surface area contributed by atoms with Gasteiger partial charge in [0.05, 0.1) is 16.3 Å². The lowest BCUT2D eigenvalue weighted by molar-refractivity contribution is 0.601. The topological polar surface area (TPSA) is 46.2 Å². The van der Waals surface area contributed by atoms with Crippen molar-refractivity contribution < 1.29 is 8.42 Å². The van der Waals surface area contributed by atoms with Gasteiger partial charge in [-0.2, -0.15) is 0 Å². The van der Waals surface area contributed by atoms with Crippen LogP contribution >= 0.6 is 11.8 Å². The fourth-order valence-electron chi connectivity index (χ4n) is 2.37. The minimum absolute atomic E-state index is 0.247. The van der Waals surface area contributed by atoms with Crippen molar-refractivity contribution in [2.24, 2.45) is 0 Å². The number of benzene rings is 3. The van der Waals surface area contributed by atoms with Crippen molar-refractivity contribution in [2.45, 2.75) is 16.7 Å². The lowest BCUT2D eigenvalue weighted by atomic mass is 10.2. The second-order valence-corrected chi connectivity index (χ2v) is 8.57. The summed E-state index contributed by atoms with van der Waals surface area (Å²) in [6.07, 6.45) is 0. The molecular formula is C22H19NO2S2. The minimum atomic E-state index is -3.63. The summed E-state index contributed by atoms with van der Waals surface area (Å²) in [7, 11) is -3.63. The third kappa shape index (κ3) is 5.40. The maximum Gasteiger partial charge on any atom is 0.261 e. The largest absolute Gasteiger partial charge is 0.278 e. The van der Waals surface area contributed by atoms with E-state index >= 15 is 0 Å². The maximum absolute atomic E-state index is 12.6. The molecule has 3 nitrogen and oxygen atoms in total. The van der Waals surface area contributed by atoms with Gasteiger partial charge in [0.1, 0.15) is 0 Å². The standard InChI is InChI=1S/C22H19NO2S2/c1-18-13-15-20(16-14-18)27(24,25)23-21-11-5-6-12-22(21)26-17-7-10-19-8-3-2-4-9-19/h2-6,8-9,11-16,23H,17H2,1H3. The van der Waals surface area contributed by atoms with Crippen LogP contribution in [0.25, 0.3) is 0 Å². The predicted molar refractivity (Wildman–Crippen MR) is 112 cm³/mol. The molecule has 0 aliphatic carbocycles. The first-order chi connectivity index (χ1) is 13.0. The second kappa shape index (κ2) is 8.81. The highest BCUT2D eigenvalue weighted by Crippen LogP contribution is 2.28. The van der Waals surface area contributed by atoms with Gasteiger partial charge < -0.3 is 0 Å². The van der Waals surface area contributed by atoms with Crippen molar-refractivity contribution in [3.63, 3.8) is 0 Å². The lowest BCUT2D eigenvalue weighted by Gasteiger charge is -2.11. The molecule has 27 heavy (non-hydrogen) atoms. The van der Waals surface area contributed by atoms with Gasteiger partial charge in [0, 0.05) is 10.5 Å². The third-order valence-corrected chi connectivity index (χ3v) is 6.11. The van der Waals surface area contributed by atoms with Crippen LogP contribution in [0.3, 0.4) is 0 Å². The summed E-state index contributed by atoms with van der Waals surface area (Å²) >= 11 is 1.50. The van der Waals surface area contributed by atoms with Crippen LogP contribution in [0.2, 0.25) is 0 Å². The molecule has 0 heterocycles. The number of hydrogen-bond acceptors (Lipinski definition) is 3. The predicted octanol–water partition coefficient (Wildman–Crippen LogP) is 4.94. The number of para-hydroxylation sites is 1. The summed E-state index contributed by atoms with van der Waals surface area (Å²) < 4.78 is 27.9. The van der Waals surface area contributed by atoms with Gasteiger partial charge in [0.15, 0.2) is 0 Å². The van der Waals surface area contributed by atoms with E-state index in [1.54, 1.807) is 30.3 Å². The zero-order valence-corrected chi connectivity index (χ0v) is 16.5. The van der Waals surface area contributed by atoms with Crippen molar-refractivity contribution in [1.82, 2.24) is 0 Å². The number of rotatable bonds is 5. The van der Waals surface area contributed by atoms with Crippen molar-refractivity contribution in [1.29, 1.82) is 0 Å². The van der Waals surface area contributed by atoms with Gasteiger partial charge in [-0.1, -0.05) is 59.9 Å². The van der Waals surface area contributed by atoms with Crippen molar-refractivity contribution in [3.05, 3.63) is 90.0 Å². The molecular weight excluding hydrogens is 374 g/mol. The molecule has 0 aliphatic heterocycles. The number of aryl methyl sites for hydroxylation is 1. The Morgan fingerprint density at radius 2 is 1.56 bits per heavy atom. The van der Waals surface area contributed by atoms with E-state index in [-0.39, 0.29) is 4.90 Å². The van der Waals surface area contributed by atoms with Gasteiger partial charge >= 0.3 is 0 Å². The molecule has 0 atom stereocenters. The summed E-state index contributed by atoms with van der Waals surface area (Å²) in [4.78, 5) is 1.09. The molecule has 0 spiro atoms. The van der Waals surface area contributed by atoms with E-state index in [2.05, 4.69) is 16.6 Å². The van der Waals surface area contributed by atoms with Crippen LogP contribution in [-0.4, -0.2) is 14.2 Å². The van der Waals surface area contributed by atoms with Crippen LogP contribution < -0.4 is 4.72 Å². The molecule has 0 bridgehead atoms. The Balaban J connectivity index is 1.72. The van der Waals surface area contributed by atoms with Gasteiger partial charge in [-0.15, -0.1) is 11.8 Å². The summed E-state index contributed by atoms with van der Waals surface area (Å²) in [5, 5.41) is 0.